The van der Waals surface area contributed by atoms with Crippen molar-refractivity contribution in [3.8, 4) is 11.8 Å². The summed E-state index contributed by atoms with van der Waals surface area (Å²) >= 11 is 8.82. The van der Waals surface area contributed by atoms with Crippen LogP contribution in [0.4, 0.5) is 9.39 Å². The Balaban J connectivity index is 1.38. The Labute approximate surface area is 216 Å². The highest BCUT2D eigenvalue weighted by atomic mass is 35.5. The molecular formula is C24H25ClFN5O2S2. The minimum atomic E-state index is -0.438. The lowest BCUT2D eigenvalue weighted by Crippen LogP contribution is -2.15. The van der Waals surface area contributed by atoms with E-state index in [1.165, 1.54) is 59.0 Å². The van der Waals surface area contributed by atoms with E-state index in [0.29, 0.717) is 33.8 Å². The topological polar surface area (TPSA) is 92.8 Å². The van der Waals surface area contributed by atoms with Crippen LogP contribution in [0.25, 0.3) is 0 Å². The first-order valence-electron chi connectivity index (χ1n) is 11.5. The van der Waals surface area contributed by atoms with E-state index in [0.717, 1.165) is 31.2 Å². The highest BCUT2D eigenvalue weighted by Gasteiger charge is 2.21. The van der Waals surface area contributed by atoms with E-state index in [1.54, 1.807) is 0 Å². The standard InChI is InChI=1S/C24H25ClFN5O2S2/c1-2-31-21(13-33-19-10-9-15(26)11-18(19)25)29-30-24(31)34-14-22(32)28-23-17(12-27)16-7-5-3-4-6-8-20(16)35-23/h9-11H,2-8,13-14H2,1H3,(H,28,32). The van der Waals surface area contributed by atoms with E-state index in [2.05, 4.69) is 21.6 Å². The maximum Gasteiger partial charge on any atom is 0.235 e. The molecule has 0 saturated carbocycles. The number of thioether (sulfide) groups is 1. The van der Waals surface area contributed by atoms with Gasteiger partial charge in [-0.1, -0.05) is 36.2 Å². The summed E-state index contributed by atoms with van der Waals surface area (Å²) in [4.78, 5) is 13.9. The van der Waals surface area contributed by atoms with Crippen LogP contribution < -0.4 is 10.1 Å². The summed E-state index contributed by atoms with van der Waals surface area (Å²) < 4.78 is 20.8. The Bertz CT molecular complexity index is 1250. The molecule has 0 spiro atoms. The Morgan fingerprint density at radius 1 is 1.31 bits per heavy atom. The monoisotopic (exact) mass is 533 g/mol. The summed E-state index contributed by atoms with van der Waals surface area (Å²) in [6.07, 6.45) is 6.45. The van der Waals surface area contributed by atoms with Crippen LogP contribution in [-0.4, -0.2) is 26.4 Å². The van der Waals surface area contributed by atoms with Gasteiger partial charge in [0.2, 0.25) is 5.91 Å². The van der Waals surface area contributed by atoms with E-state index in [4.69, 9.17) is 16.3 Å². The minimum Gasteiger partial charge on any atom is -0.484 e. The number of halogens is 2. The van der Waals surface area contributed by atoms with Gasteiger partial charge in [-0.15, -0.1) is 21.5 Å². The van der Waals surface area contributed by atoms with Crippen LogP contribution in [0.1, 0.15) is 54.4 Å². The van der Waals surface area contributed by atoms with Crippen molar-refractivity contribution in [2.75, 3.05) is 11.1 Å². The number of aromatic nitrogens is 3. The van der Waals surface area contributed by atoms with Crippen molar-refractivity contribution >= 4 is 45.6 Å². The van der Waals surface area contributed by atoms with Crippen molar-refractivity contribution < 1.29 is 13.9 Å². The maximum atomic E-state index is 13.2. The van der Waals surface area contributed by atoms with Gasteiger partial charge >= 0.3 is 0 Å². The molecule has 3 aromatic rings. The number of rotatable bonds is 8. The van der Waals surface area contributed by atoms with E-state index in [1.807, 2.05) is 11.5 Å². The number of benzene rings is 1. The van der Waals surface area contributed by atoms with E-state index < -0.39 is 5.82 Å². The van der Waals surface area contributed by atoms with Gasteiger partial charge in [0, 0.05) is 11.4 Å². The number of amides is 1. The molecule has 1 aromatic carbocycles. The number of nitriles is 1. The normalized spacial score (nSPS) is 13.4. The zero-order valence-electron chi connectivity index (χ0n) is 19.3. The molecule has 0 bridgehead atoms. The second-order valence-electron chi connectivity index (χ2n) is 8.08. The summed E-state index contributed by atoms with van der Waals surface area (Å²) in [5.41, 5.74) is 1.72. The summed E-state index contributed by atoms with van der Waals surface area (Å²) in [7, 11) is 0. The lowest BCUT2D eigenvalue weighted by atomic mass is 9.97. The second kappa shape index (κ2) is 11.9. The summed E-state index contributed by atoms with van der Waals surface area (Å²) in [5, 5.41) is 22.4. The Hall–Kier alpha value is -2.61. The van der Waals surface area contributed by atoms with Crippen LogP contribution >= 0.6 is 34.7 Å². The van der Waals surface area contributed by atoms with Crippen molar-refractivity contribution in [1.29, 1.82) is 5.26 Å². The van der Waals surface area contributed by atoms with Gasteiger partial charge < -0.3 is 14.6 Å². The van der Waals surface area contributed by atoms with Gasteiger partial charge in [-0.25, -0.2) is 4.39 Å². The summed E-state index contributed by atoms with van der Waals surface area (Å²) in [5.74, 6) is 0.427. The number of aryl methyl sites for hydroxylation is 1. The Morgan fingerprint density at radius 3 is 2.86 bits per heavy atom. The van der Waals surface area contributed by atoms with Crippen molar-refractivity contribution in [2.24, 2.45) is 0 Å². The van der Waals surface area contributed by atoms with Gasteiger partial charge in [0.15, 0.2) is 11.0 Å². The maximum absolute atomic E-state index is 13.2. The largest absolute Gasteiger partial charge is 0.484 e. The zero-order chi connectivity index (χ0) is 24.8. The number of nitrogens with zero attached hydrogens (tertiary/aromatic N) is 4. The number of hydrogen-bond donors (Lipinski definition) is 1. The molecule has 4 rings (SSSR count). The molecule has 0 aliphatic heterocycles. The number of hydrogen-bond acceptors (Lipinski definition) is 7. The number of anilines is 1. The number of ether oxygens (including phenoxy) is 1. The quantitative estimate of drug-likeness (QED) is 0.357. The van der Waals surface area contributed by atoms with Crippen molar-refractivity contribution in [3.05, 3.63) is 50.9 Å². The molecule has 0 unspecified atom stereocenters. The average Bonchev–Trinajstić information content (AvgIpc) is 3.36. The van der Waals surface area contributed by atoms with Crippen LogP contribution in [-0.2, 0) is 30.8 Å². The molecule has 0 atom stereocenters. The Morgan fingerprint density at radius 2 is 2.11 bits per heavy atom. The molecule has 184 valence electrons. The number of carbonyl (C=O) groups excluding carboxylic acids is 1. The van der Waals surface area contributed by atoms with E-state index in [9.17, 15) is 14.4 Å². The predicted molar refractivity (Wildman–Crippen MR) is 136 cm³/mol. The predicted octanol–water partition coefficient (Wildman–Crippen LogP) is 5.99. The van der Waals surface area contributed by atoms with Crippen LogP contribution in [0.2, 0.25) is 5.02 Å². The van der Waals surface area contributed by atoms with Gasteiger partial charge in [-0.05, 0) is 56.4 Å². The highest BCUT2D eigenvalue weighted by molar-refractivity contribution is 7.99. The van der Waals surface area contributed by atoms with Gasteiger partial charge in [0.25, 0.3) is 0 Å². The number of carbonyl (C=O) groups is 1. The minimum absolute atomic E-state index is 0.102. The second-order valence-corrected chi connectivity index (χ2v) is 10.5. The number of nitrogens with one attached hydrogen (secondary N) is 1. The summed E-state index contributed by atoms with van der Waals surface area (Å²) in [6.45, 7) is 2.64. The third-order valence-corrected chi connectivity index (χ3v) is 8.20. The van der Waals surface area contributed by atoms with Gasteiger partial charge in [-0.2, -0.15) is 5.26 Å². The van der Waals surface area contributed by atoms with Gasteiger partial charge in [0.05, 0.1) is 16.3 Å². The highest BCUT2D eigenvalue weighted by Crippen LogP contribution is 2.36. The fraction of sp³-hybridized carbons (Fsp3) is 0.417. The molecule has 1 N–H and O–H groups in total. The molecule has 35 heavy (non-hydrogen) atoms. The molecule has 0 radical (unpaired) electrons. The van der Waals surface area contributed by atoms with Crippen LogP contribution in [0.3, 0.4) is 0 Å². The number of thiophene rings is 1. The molecule has 1 amide bonds. The lowest BCUT2D eigenvalue weighted by molar-refractivity contribution is -0.113. The van der Waals surface area contributed by atoms with Crippen molar-refractivity contribution in [1.82, 2.24) is 14.8 Å². The first kappa shape index (κ1) is 25.5. The average molecular weight is 534 g/mol. The Kier molecular flexibility index (Phi) is 8.65. The van der Waals surface area contributed by atoms with E-state index in [-0.39, 0.29) is 23.3 Å². The third kappa shape index (κ3) is 6.15. The van der Waals surface area contributed by atoms with Crippen molar-refractivity contribution in [2.45, 2.75) is 63.8 Å². The summed E-state index contributed by atoms with van der Waals surface area (Å²) in [6, 6.07) is 6.23. The van der Waals surface area contributed by atoms with Crippen LogP contribution in [0.5, 0.6) is 5.75 Å². The molecule has 7 nitrogen and oxygen atoms in total. The number of fused-ring (bicyclic) bond motifs is 1. The van der Waals surface area contributed by atoms with Crippen molar-refractivity contribution in [3.63, 3.8) is 0 Å². The van der Waals surface area contributed by atoms with Gasteiger partial charge in [-0.3, -0.25) is 4.79 Å². The third-order valence-electron chi connectivity index (χ3n) is 5.73. The molecule has 1 aliphatic carbocycles. The SMILES string of the molecule is CCn1c(COc2ccc(F)cc2Cl)nnc1SCC(=O)Nc1sc2c(c1C#N)CCCCCC2. The molecule has 11 heteroatoms. The molecule has 2 heterocycles. The van der Waals surface area contributed by atoms with Gasteiger partial charge in [0.1, 0.15) is 29.2 Å². The fourth-order valence-corrected chi connectivity index (χ4v) is 6.30. The van der Waals surface area contributed by atoms with E-state index >= 15 is 0 Å². The molecule has 2 aromatic heterocycles. The molecule has 0 fully saturated rings. The lowest BCUT2D eigenvalue weighted by Gasteiger charge is -2.10. The fourth-order valence-electron chi connectivity index (χ4n) is 4.00. The zero-order valence-corrected chi connectivity index (χ0v) is 21.7. The first-order valence-corrected chi connectivity index (χ1v) is 13.6. The molecular weight excluding hydrogens is 509 g/mol. The van der Waals surface area contributed by atoms with Crippen LogP contribution in [0, 0.1) is 17.1 Å². The van der Waals surface area contributed by atoms with Crippen LogP contribution in [0.15, 0.2) is 23.4 Å². The first-order chi connectivity index (χ1) is 17.0. The smallest absolute Gasteiger partial charge is 0.235 e. The molecule has 1 aliphatic rings. The molecule has 0 saturated heterocycles.